The van der Waals surface area contributed by atoms with Gasteiger partial charge in [-0.3, -0.25) is 0 Å². The summed E-state index contributed by atoms with van der Waals surface area (Å²) in [6.07, 6.45) is 0.735. The van der Waals surface area contributed by atoms with Gasteiger partial charge in [0, 0.05) is 9.61 Å². The Balaban J connectivity index is 2.22. The first-order valence-corrected chi connectivity index (χ1v) is 7.04. The number of nitrogens with one attached hydrogen (secondary N) is 1. The fourth-order valence-electron chi connectivity index (χ4n) is 2.01. The van der Waals surface area contributed by atoms with Crippen LogP contribution in [-0.2, 0) is 6.42 Å². The summed E-state index contributed by atoms with van der Waals surface area (Å²) >= 11 is 2.13. The van der Waals surface area contributed by atoms with Gasteiger partial charge in [-0.2, -0.15) is 0 Å². The van der Waals surface area contributed by atoms with E-state index >= 15 is 0 Å². The summed E-state index contributed by atoms with van der Waals surface area (Å²) in [6.45, 7) is 0. The van der Waals surface area contributed by atoms with Gasteiger partial charge in [-0.1, -0.05) is 18.2 Å². The molecule has 19 heavy (non-hydrogen) atoms. The highest BCUT2D eigenvalue weighted by Gasteiger charge is 2.13. The molecule has 0 aliphatic rings. The van der Waals surface area contributed by atoms with E-state index in [4.69, 9.17) is 0 Å². The average molecular weight is 373 g/mol. The van der Waals surface area contributed by atoms with E-state index < -0.39 is 0 Å². The molecule has 0 aromatic heterocycles. The summed E-state index contributed by atoms with van der Waals surface area (Å²) in [5.41, 5.74) is 2.09. The first kappa shape index (κ1) is 14.4. The predicted molar refractivity (Wildman–Crippen MR) is 81.0 cm³/mol. The van der Waals surface area contributed by atoms with Gasteiger partial charge in [-0.05, 0) is 71.5 Å². The smallest absolute Gasteiger partial charge is 0.124 e. The first-order chi connectivity index (χ1) is 9.10. The van der Waals surface area contributed by atoms with Crippen LogP contribution in [0.3, 0.4) is 0 Å². The molecule has 0 saturated heterocycles. The molecular weight excluding hydrogens is 359 g/mol. The quantitative estimate of drug-likeness (QED) is 0.797. The fourth-order valence-corrected chi connectivity index (χ4v) is 2.86. The molecule has 2 aromatic carbocycles. The highest BCUT2D eigenvalue weighted by molar-refractivity contribution is 14.1. The molecule has 0 fully saturated rings. The van der Waals surface area contributed by atoms with Crippen molar-refractivity contribution in [1.29, 1.82) is 0 Å². The van der Waals surface area contributed by atoms with Crippen LogP contribution >= 0.6 is 22.6 Å². The lowest BCUT2D eigenvalue weighted by Gasteiger charge is -2.18. The number of rotatable bonds is 4. The molecule has 0 amide bonds. The van der Waals surface area contributed by atoms with E-state index in [2.05, 4.69) is 27.9 Å². The van der Waals surface area contributed by atoms with Crippen LogP contribution in [-0.4, -0.2) is 7.05 Å². The van der Waals surface area contributed by atoms with Crippen molar-refractivity contribution in [1.82, 2.24) is 5.32 Å². The normalized spacial score (nSPS) is 12.4. The summed E-state index contributed by atoms with van der Waals surface area (Å²) in [4.78, 5) is 0. The van der Waals surface area contributed by atoms with E-state index in [1.807, 2.05) is 7.05 Å². The van der Waals surface area contributed by atoms with Crippen LogP contribution in [0.1, 0.15) is 17.2 Å². The van der Waals surface area contributed by atoms with Crippen LogP contribution in [0.5, 0.6) is 0 Å². The van der Waals surface area contributed by atoms with Crippen molar-refractivity contribution < 1.29 is 8.78 Å². The molecular formula is C15H14F2IN. The van der Waals surface area contributed by atoms with Crippen LogP contribution in [0.2, 0.25) is 0 Å². The van der Waals surface area contributed by atoms with Gasteiger partial charge in [-0.25, -0.2) is 8.78 Å². The van der Waals surface area contributed by atoms with Gasteiger partial charge >= 0.3 is 0 Å². The monoisotopic (exact) mass is 373 g/mol. The molecule has 1 unspecified atom stereocenters. The minimum absolute atomic E-state index is 0.0814. The van der Waals surface area contributed by atoms with Crippen molar-refractivity contribution in [3.05, 3.63) is 68.8 Å². The van der Waals surface area contributed by atoms with Crippen LogP contribution in [0.4, 0.5) is 8.78 Å². The van der Waals surface area contributed by atoms with Crippen molar-refractivity contribution >= 4 is 22.6 Å². The molecule has 0 aliphatic heterocycles. The van der Waals surface area contributed by atoms with E-state index in [0.717, 1.165) is 21.1 Å². The minimum Gasteiger partial charge on any atom is -0.313 e. The van der Waals surface area contributed by atoms with E-state index in [9.17, 15) is 8.78 Å². The van der Waals surface area contributed by atoms with Gasteiger partial charge in [0.05, 0.1) is 0 Å². The predicted octanol–water partition coefficient (Wildman–Crippen LogP) is 4.07. The second kappa shape index (κ2) is 6.43. The number of halogens is 3. The Labute approximate surface area is 125 Å². The van der Waals surface area contributed by atoms with Crippen molar-refractivity contribution in [2.75, 3.05) is 7.05 Å². The van der Waals surface area contributed by atoms with Crippen LogP contribution < -0.4 is 5.32 Å². The van der Waals surface area contributed by atoms with Crippen LogP contribution in [0.25, 0.3) is 0 Å². The number of likely N-dealkylation sites (N-methyl/N-ethyl adjacent to an activating group) is 1. The molecule has 1 nitrogen and oxygen atoms in total. The molecule has 100 valence electrons. The highest BCUT2D eigenvalue weighted by Crippen LogP contribution is 2.24. The second-order valence-electron chi connectivity index (χ2n) is 4.34. The molecule has 2 rings (SSSR count). The van der Waals surface area contributed by atoms with E-state index in [1.165, 1.54) is 24.3 Å². The maximum atomic E-state index is 13.1. The number of benzene rings is 2. The molecule has 0 radical (unpaired) electrons. The Bertz CT molecular complexity index is 555. The molecule has 0 aliphatic carbocycles. The third-order valence-corrected chi connectivity index (χ3v) is 3.97. The zero-order valence-corrected chi connectivity index (χ0v) is 12.6. The lowest BCUT2D eigenvalue weighted by Crippen LogP contribution is -2.20. The Kier molecular flexibility index (Phi) is 4.87. The first-order valence-electron chi connectivity index (χ1n) is 5.97. The summed E-state index contributed by atoms with van der Waals surface area (Å²) < 4.78 is 26.9. The van der Waals surface area contributed by atoms with Crippen molar-refractivity contribution in [3.63, 3.8) is 0 Å². The van der Waals surface area contributed by atoms with Crippen LogP contribution in [0.15, 0.2) is 42.5 Å². The third kappa shape index (κ3) is 3.73. The number of hydrogen-bond donors (Lipinski definition) is 1. The van der Waals surface area contributed by atoms with Gasteiger partial charge in [0.15, 0.2) is 0 Å². The number of hydrogen-bond acceptors (Lipinski definition) is 1. The van der Waals surface area contributed by atoms with E-state index in [0.29, 0.717) is 0 Å². The van der Waals surface area contributed by atoms with Crippen molar-refractivity contribution in [2.45, 2.75) is 12.5 Å². The summed E-state index contributed by atoms with van der Waals surface area (Å²) in [7, 11) is 1.87. The van der Waals surface area contributed by atoms with E-state index in [-0.39, 0.29) is 17.7 Å². The zero-order chi connectivity index (χ0) is 13.8. The summed E-state index contributed by atoms with van der Waals surface area (Å²) in [6, 6.07) is 11.3. The van der Waals surface area contributed by atoms with Gasteiger partial charge in [0.2, 0.25) is 0 Å². The molecule has 2 aromatic rings. The Morgan fingerprint density at radius 3 is 2.26 bits per heavy atom. The lowest BCUT2D eigenvalue weighted by molar-refractivity contribution is 0.580. The topological polar surface area (TPSA) is 12.0 Å². The van der Waals surface area contributed by atoms with Gasteiger partial charge in [0.25, 0.3) is 0 Å². The summed E-state index contributed by atoms with van der Waals surface area (Å²) in [5.74, 6) is -0.467. The molecule has 0 saturated carbocycles. The fraction of sp³-hybridized carbons (Fsp3) is 0.200. The minimum atomic E-state index is -0.235. The highest BCUT2D eigenvalue weighted by atomic mass is 127. The average Bonchev–Trinajstić information content (AvgIpc) is 2.39. The Morgan fingerprint density at radius 2 is 1.68 bits per heavy atom. The summed E-state index contributed by atoms with van der Waals surface area (Å²) in [5, 5.41) is 3.22. The third-order valence-electron chi connectivity index (χ3n) is 3.04. The standard InChI is InChI=1S/C15H14F2IN/c1-19-15(8-10-2-4-11(16)5-3-10)13-7-6-12(17)9-14(13)18/h2-7,9,15,19H,8H2,1H3. The largest absolute Gasteiger partial charge is 0.313 e. The molecule has 0 bridgehead atoms. The molecule has 0 spiro atoms. The maximum Gasteiger partial charge on any atom is 0.124 e. The molecule has 1 atom stereocenters. The molecule has 4 heteroatoms. The second-order valence-corrected chi connectivity index (χ2v) is 5.50. The Hall–Kier alpha value is -1.01. The van der Waals surface area contributed by atoms with Crippen molar-refractivity contribution in [3.8, 4) is 0 Å². The lowest BCUT2D eigenvalue weighted by atomic mass is 9.99. The molecule has 1 N–H and O–H groups in total. The van der Waals surface area contributed by atoms with Gasteiger partial charge < -0.3 is 5.32 Å². The van der Waals surface area contributed by atoms with Gasteiger partial charge in [-0.15, -0.1) is 0 Å². The van der Waals surface area contributed by atoms with Crippen LogP contribution in [0, 0.1) is 15.2 Å². The molecule has 0 heterocycles. The SMILES string of the molecule is CNC(Cc1ccc(F)cc1)c1ccc(F)cc1I. The van der Waals surface area contributed by atoms with E-state index in [1.54, 1.807) is 18.2 Å². The maximum absolute atomic E-state index is 13.1. The van der Waals surface area contributed by atoms with Crippen molar-refractivity contribution in [2.24, 2.45) is 0 Å². The zero-order valence-electron chi connectivity index (χ0n) is 10.5. The van der Waals surface area contributed by atoms with Gasteiger partial charge in [0.1, 0.15) is 11.6 Å². The Morgan fingerprint density at radius 1 is 1.05 bits per heavy atom.